The van der Waals surface area contributed by atoms with Crippen LogP contribution in [0.25, 0.3) is 11.0 Å². The molecular formula is C34H46N4O3S. The average molecular weight is 591 g/mol. The first-order valence-electron chi connectivity index (χ1n) is 15.2. The molecule has 226 valence electrons. The number of ether oxygens (including phenoxy) is 1. The van der Waals surface area contributed by atoms with Gasteiger partial charge in [0.1, 0.15) is 12.3 Å². The molecule has 1 N–H and O–H groups in total. The fraction of sp³-hybridized carbons (Fsp3) is 0.559. The van der Waals surface area contributed by atoms with Gasteiger partial charge in [0.25, 0.3) is 0 Å². The fourth-order valence-electron chi connectivity index (χ4n) is 6.47. The molecule has 0 radical (unpaired) electrons. The number of piperidine rings is 1. The Morgan fingerprint density at radius 2 is 1.79 bits per heavy atom. The molecular weight excluding hydrogens is 544 g/mol. The minimum Gasteiger partial charge on any atom is -0.496 e. The number of imidazole rings is 1. The second-order valence-electron chi connectivity index (χ2n) is 14.1. The Balaban J connectivity index is 1.30. The number of hydrogen-bond acceptors (Lipinski definition) is 5. The highest BCUT2D eigenvalue weighted by Gasteiger charge is 2.37. The van der Waals surface area contributed by atoms with Crippen LogP contribution in [0.1, 0.15) is 89.4 Å². The summed E-state index contributed by atoms with van der Waals surface area (Å²) in [6.07, 6.45) is 7.25. The van der Waals surface area contributed by atoms with Gasteiger partial charge in [0.05, 0.1) is 23.2 Å². The molecule has 2 atom stereocenters. The Hall–Kier alpha value is -3.13. The van der Waals surface area contributed by atoms with Crippen molar-refractivity contribution in [1.82, 2.24) is 19.4 Å². The van der Waals surface area contributed by atoms with Crippen molar-refractivity contribution in [3.8, 4) is 0 Å². The molecule has 5 rings (SSSR count). The molecule has 1 fully saturated rings. The predicted octanol–water partition coefficient (Wildman–Crippen LogP) is 7.23. The summed E-state index contributed by atoms with van der Waals surface area (Å²) in [6.45, 7) is 17.4. The summed E-state index contributed by atoms with van der Waals surface area (Å²) in [5, 5.41) is 1.19. The average Bonchev–Trinajstić information content (AvgIpc) is 3.49. The highest BCUT2D eigenvalue weighted by molar-refractivity contribution is 7.11. The van der Waals surface area contributed by atoms with Crippen LogP contribution in [0.4, 0.5) is 0 Å². The lowest BCUT2D eigenvalue weighted by molar-refractivity contribution is -0.132. The molecule has 1 aromatic carbocycles. The molecule has 7 nitrogen and oxygen atoms in total. The van der Waals surface area contributed by atoms with Crippen LogP contribution in [0.5, 0.6) is 0 Å². The second-order valence-corrected chi connectivity index (χ2v) is 15.1. The molecule has 1 amide bonds. The van der Waals surface area contributed by atoms with E-state index in [-0.39, 0.29) is 29.0 Å². The molecule has 1 aliphatic heterocycles. The van der Waals surface area contributed by atoms with Gasteiger partial charge < -0.3 is 14.6 Å². The SMILES string of the molecule is COC1=C(C(C)(C)C)CC(c2ncc(C3CCN(C(=O)Cn4c(=O)[nH]c5ccccc54)CC3)s2)C(C)C=C1C(C)(C)C. The number of likely N-dealkylation sites (tertiary alicyclic amines) is 1. The van der Waals surface area contributed by atoms with Gasteiger partial charge in [-0.05, 0) is 65.2 Å². The Morgan fingerprint density at radius 3 is 2.43 bits per heavy atom. The minimum atomic E-state index is -0.240. The van der Waals surface area contributed by atoms with Gasteiger partial charge in [-0.15, -0.1) is 11.3 Å². The molecule has 3 aromatic rings. The zero-order valence-corrected chi connectivity index (χ0v) is 27.2. The maximum atomic E-state index is 13.2. The van der Waals surface area contributed by atoms with E-state index in [2.05, 4.69) is 65.7 Å². The number of aromatic nitrogens is 3. The standard InChI is InChI=1S/C34H46N4O3S/c1-21-17-24(33(2,3)4)30(41-8)25(34(5,6)7)18-23(21)31-35-19-28(42-31)22-13-15-37(16-14-22)29(39)20-38-27-12-10-9-11-26(27)36-32(38)40/h9-12,17,19,21-23H,13-16,18,20H2,1-8H3,(H,36,40). The summed E-state index contributed by atoms with van der Waals surface area (Å²) in [5.41, 5.74) is 3.89. The Labute approximate surface area is 253 Å². The lowest BCUT2D eigenvalue weighted by Gasteiger charge is -2.31. The molecule has 42 heavy (non-hydrogen) atoms. The predicted molar refractivity (Wildman–Crippen MR) is 171 cm³/mol. The van der Waals surface area contributed by atoms with Crippen molar-refractivity contribution < 1.29 is 9.53 Å². The number of amides is 1. The summed E-state index contributed by atoms with van der Waals surface area (Å²) in [6, 6.07) is 7.50. The number of methoxy groups -OCH3 is 1. The zero-order chi connectivity index (χ0) is 30.4. The molecule has 2 aromatic heterocycles. The van der Waals surface area contributed by atoms with Gasteiger partial charge in [-0.25, -0.2) is 9.78 Å². The number of nitrogens with one attached hydrogen (secondary N) is 1. The molecule has 1 saturated heterocycles. The quantitative estimate of drug-likeness (QED) is 0.340. The van der Waals surface area contributed by atoms with E-state index in [1.807, 2.05) is 47.6 Å². The normalized spacial score (nSPS) is 21.0. The van der Waals surface area contributed by atoms with E-state index in [0.29, 0.717) is 30.8 Å². The van der Waals surface area contributed by atoms with Gasteiger partial charge in [-0.2, -0.15) is 0 Å². The summed E-state index contributed by atoms with van der Waals surface area (Å²) >= 11 is 1.85. The molecule has 0 bridgehead atoms. The number of carbonyl (C=O) groups is 1. The number of thiazole rings is 1. The smallest absolute Gasteiger partial charge is 0.326 e. The van der Waals surface area contributed by atoms with E-state index >= 15 is 0 Å². The van der Waals surface area contributed by atoms with Crippen LogP contribution in [0.15, 0.2) is 58.2 Å². The Kier molecular flexibility index (Phi) is 8.31. The first-order valence-corrected chi connectivity index (χ1v) is 16.0. The van der Waals surface area contributed by atoms with Crippen LogP contribution < -0.4 is 5.69 Å². The van der Waals surface area contributed by atoms with Crippen LogP contribution >= 0.6 is 11.3 Å². The van der Waals surface area contributed by atoms with E-state index in [4.69, 9.17) is 9.72 Å². The third kappa shape index (κ3) is 6.01. The van der Waals surface area contributed by atoms with E-state index in [0.717, 1.165) is 36.1 Å². The van der Waals surface area contributed by atoms with Crippen molar-refractivity contribution in [3.63, 3.8) is 0 Å². The summed E-state index contributed by atoms with van der Waals surface area (Å²) in [4.78, 5) is 36.7. The first-order chi connectivity index (χ1) is 19.8. The Bertz CT molecular complexity index is 1570. The lowest BCUT2D eigenvalue weighted by Crippen LogP contribution is -2.40. The molecule has 0 saturated carbocycles. The number of hydrogen-bond donors (Lipinski definition) is 1. The number of H-pyrrole nitrogens is 1. The molecule has 8 heteroatoms. The topological polar surface area (TPSA) is 80.2 Å². The van der Waals surface area contributed by atoms with Crippen molar-refractivity contribution >= 4 is 28.3 Å². The third-order valence-electron chi connectivity index (χ3n) is 9.01. The van der Waals surface area contributed by atoms with Gasteiger partial charge in [0, 0.05) is 30.1 Å². The number of carbonyl (C=O) groups excluding carboxylic acids is 1. The van der Waals surface area contributed by atoms with E-state index < -0.39 is 0 Å². The van der Waals surface area contributed by atoms with Gasteiger partial charge >= 0.3 is 5.69 Å². The van der Waals surface area contributed by atoms with Crippen LogP contribution in [0.2, 0.25) is 0 Å². The molecule has 3 heterocycles. The van der Waals surface area contributed by atoms with Gasteiger partial charge in [-0.1, -0.05) is 66.7 Å². The second kappa shape index (κ2) is 11.5. The highest BCUT2D eigenvalue weighted by Crippen LogP contribution is 2.49. The maximum Gasteiger partial charge on any atom is 0.326 e. The maximum absolute atomic E-state index is 13.2. The zero-order valence-electron chi connectivity index (χ0n) is 26.4. The van der Waals surface area contributed by atoms with E-state index in [9.17, 15) is 9.59 Å². The number of fused-ring (bicyclic) bond motifs is 1. The molecule has 2 aliphatic rings. The largest absolute Gasteiger partial charge is 0.496 e. The first kappa shape index (κ1) is 30.3. The minimum absolute atomic E-state index is 0.00513. The summed E-state index contributed by atoms with van der Waals surface area (Å²) in [7, 11) is 1.81. The number of nitrogens with zero attached hydrogens (tertiary/aromatic N) is 3. The summed E-state index contributed by atoms with van der Waals surface area (Å²) < 4.78 is 7.66. The number of benzene rings is 1. The van der Waals surface area contributed by atoms with Crippen molar-refractivity contribution in [2.75, 3.05) is 20.2 Å². The van der Waals surface area contributed by atoms with Crippen molar-refractivity contribution in [2.45, 2.75) is 86.1 Å². The van der Waals surface area contributed by atoms with Crippen LogP contribution in [0.3, 0.4) is 0 Å². The van der Waals surface area contributed by atoms with Gasteiger partial charge in [-0.3, -0.25) is 9.36 Å². The summed E-state index contributed by atoms with van der Waals surface area (Å²) in [5.74, 6) is 2.06. The van der Waals surface area contributed by atoms with E-state index in [1.54, 1.807) is 4.57 Å². The van der Waals surface area contributed by atoms with Gasteiger partial charge in [0.15, 0.2) is 0 Å². The fourth-order valence-corrected chi connectivity index (χ4v) is 7.78. The van der Waals surface area contributed by atoms with E-state index in [1.165, 1.54) is 21.0 Å². The van der Waals surface area contributed by atoms with Crippen molar-refractivity contribution in [2.24, 2.45) is 16.7 Å². The van der Waals surface area contributed by atoms with Crippen molar-refractivity contribution in [1.29, 1.82) is 0 Å². The monoisotopic (exact) mass is 590 g/mol. The lowest BCUT2D eigenvalue weighted by atomic mass is 9.77. The third-order valence-corrected chi connectivity index (χ3v) is 10.3. The Morgan fingerprint density at radius 1 is 1.10 bits per heavy atom. The van der Waals surface area contributed by atoms with Gasteiger partial charge in [0.2, 0.25) is 5.91 Å². The van der Waals surface area contributed by atoms with Crippen LogP contribution in [-0.4, -0.2) is 45.5 Å². The molecule has 2 unspecified atom stereocenters. The molecule has 0 spiro atoms. The van der Waals surface area contributed by atoms with Crippen LogP contribution in [0, 0.1) is 16.7 Å². The van der Waals surface area contributed by atoms with Crippen molar-refractivity contribution in [3.05, 3.63) is 73.8 Å². The number of allylic oxidation sites excluding steroid dienone is 3. The van der Waals surface area contributed by atoms with Crippen LogP contribution in [-0.2, 0) is 16.1 Å². The number of aromatic amines is 1. The highest BCUT2D eigenvalue weighted by atomic mass is 32.1. The number of rotatable bonds is 5. The number of para-hydroxylation sites is 2. The molecule has 1 aliphatic carbocycles.